The van der Waals surface area contributed by atoms with E-state index in [2.05, 4.69) is 0 Å². The van der Waals surface area contributed by atoms with Crippen molar-refractivity contribution in [3.8, 4) is 0 Å². The summed E-state index contributed by atoms with van der Waals surface area (Å²) in [6.07, 6.45) is 3.50. The van der Waals surface area contributed by atoms with Gasteiger partial charge >= 0.3 is 6.09 Å². The van der Waals surface area contributed by atoms with E-state index in [0.29, 0.717) is 12.8 Å². The minimum Gasteiger partial charge on any atom is -0.447 e. The zero-order valence-electron chi connectivity index (χ0n) is 20.5. The van der Waals surface area contributed by atoms with Crippen LogP contribution in [0.15, 0.2) is 72.8 Å². The number of carbonyl (C=O) groups excluding carboxylic acids is 3. The van der Waals surface area contributed by atoms with Crippen molar-refractivity contribution in [3.63, 3.8) is 0 Å². The molecule has 5 rings (SSSR count). The van der Waals surface area contributed by atoms with Crippen LogP contribution in [0.2, 0.25) is 0 Å². The fourth-order valence-corrected chi connectivity index (χ4v) is 5.43. The highest BCUT2D eigenvalue weighted by Gasteiger charge is 2.41. The number of fused-ring (bicyclic) bond motifs is 1. The fraction of sp³-hybridized carbons (Fsp3) is 0.367. The zero-order chi connectivity index (χ0) is 24.9. The topological polar surface area (TPSA) is 66.9 Å². The summed E-state index contributed by atoms with van der Waals surface area (Å²) in [5.41, 5.74) is 2.04. The third-order valence-electron chi connectivity index (χ3n) is 7.34. The lowest BCUT2D eigenvalue weighted by Gasteiger charge is -2.30. The smallest absolute Gasteiger partial charge is 0.416 e. The van der Waals surface area contributed by atoms with Gasteiger partial charge in [-0.15, -0.1) is 0 Å². The summed E-state index contributed by atoms with van der Waals surface area (Å²) in [5.74, 6) is -0.980. The molecule has 186 valence electrons. The first-order valence-corrected chi connectivity index (χ1v) is 12.9. The van der Waals surface area contributed by atoms with E-state index in [4.69, 9.17) is 4.74 Å². The molecule has 3 amide bonds. The Bertz CT molecular complexity index is 1230. The predicted octanol–water partition coefficient (Wildman–Crippen LogP) is 4.99. The van der Waals surface area contributed by atoms with Gasteiger partial charge in [0.25, 0.3) is 0 Å². The van der Waals surface area contributed by atoms with Crippen molar-refractivity contribution >= 4 is 28.7 Å². The highest BCUT2D eigenvalue weighted by molar-refractivity contribution is 5.97. The molecule has 0 aliphatic carbocycles. The van der Waals surface area contributed by atoms with Crippen LogP contribution in [-0.4, -0.2) is 53.4 Å². The summed E-state index contributed by atoms with van der Waals surface area (Å²) in [7, 11) is 0. The average molecular weight is 485 g/mol. The lowest BCUT2D eigenvalue weighted by atomic mass is 9.90. The quantitative estimate of drug-likeness (QED) is 0.474. The minimum absolute atomic E-state index is 0.0135. The van der Waals surface area contributed by atoms with Crippen molar-refractivity contribution in [3.05, 3.63) is 83.9 Å². The fourth-order valence-electron chi connectivity index (χ4n) is 5.43. The van der Waals surface area contributed by atoms with Gasteiger partial charge in [0.1, 0.15) is 6.61 Å². The monoisotopic (exact) mass is 484 g/mol. The lowest BCUT2D eigenvalue weighted by Crippen LogP contribution is -2.46. The maximum atomic E-state index is 14.0. The Kier molecular flexibility index (Phi) is 7.31. The first-order chi connectivity index (χ1) is 17.6. The molecule has 0 N–H and O–H groups in total. The maximum absolute atomic E-state index is 14.0. The van der Waals surface area contributed by atoms with E-state index in [0.717, 1.165) is 54.3 Å². The van der Waals surface area contributed by atoms with Gasteiger partial charge < -0.3 is 9.64 Å². The van der Waals surface area contributed by atoms with Gasteiger partial charge in [0.2, 0.25) is 11.8 Å². The Morgan fingerprint density at radius 1 is 0.889 bits per heavy atom. The number of cyclic esters (lactones) is 1. The number of piperidine rings is 1. The van der Waals surface area contributed by atoms with Crippen LogP contribution >= 0.6 is 0 Å². The predicted molar refractivity (Wildman–Crippen MR) is 138 cm³/mol. The van der Waals surface area contributed by atoms with Gasteiger partial charge in [-0.1, -0.05) is 72.8 Å². The van der Waals surface area contributed by atoms with E-state index in [1.807, 2.05) is 77.7 Å². The van der Waals surface area contributed by atoms with Crippen LogP contribution in [0.5, 0.6) is 0 Å². The second kappa shape index (κ2) is 10.9. The summed E-state index contributed by atoms with van der Waals surface area (Å²) < 4.78 is 5.33. The van der Waals surface area contributed by atoms with E-state index >= 15 is 0 Å². The van der Waals surface area contributed by atoms with Gasteiger partial charge in [-0.25, -0.2) is 9.69 Å². The van der Waals surface area contributed by atoms with Crippen molar-refractivity contribution in [2.75, 3.05) is 19.7 Å². The Labute approximate surface area is 211 Å². The molecule has 6 heteroatoms. The van der Waals surface area contributed by atoms with E-state index < -0.39 is 12.0 Å². The van der Waals surface area contributed by atoms with Gasteiger partial charge in [-0.3, -0.25) is 9.59 Å². The normalized spacial score (nSPS) is 18.8. The first-order valence-electron chi connectivity index (χ1n) is 12.9. The molecule has 0 radical (unpaired) electrons. The molecule has 2 aliphatic rings. The maximum Gasteiger partial charge on any atom is 0.416 e. The number of hydrogen-bond acceptors (Lipinski definition) is 4. The lowest BCUT2D eigenvalue weighted by molar-refractivity contribution is -0.140. The largest absolute Gasteiger partial charge is 0.447 e. The molecule has 36 heavy (non-hydrogen) atoms. The number of carbonyl (C=O) groups is 3. The molecule has 3 aromatic carbocycles. The summed E-state index contributed by atoms with van der Waals surface area (Å²) in [5, 5.41) is 2.15. The summed E-state index contributed by atoms with van der Waals surface area (Å²) in [6.45, 7) is 1.63. The van der Waals surface area contributed by atoms with Gasteiger partial charge in [-0.05, 0) is 54.0 Å². The molecule has 2 fully saturated rings. The SMILES string of the molecule is O=C(C[C@@H](Cc1cccc2ccccc12)C(=O)N1C(=O)OC[C@@H]1Cc1ccccc1)N1CCCCC1. The van der Waals surface area contributed by atoms with Gasteiger partial charge in [0.15, 0.2) is 0 Å². The number of rotatable bonds is 7. The Balaban J connectivity index is 1.42. The second-order valence-electron chi connectivity index (χ2n) is 9.81. The Morgan fingerprint density at radius 2 is 1.61 bits per heavy atom. The number of likely N-dealkylation sites (tertiary alicyclic amines) is 1. The molecular weight excluding hydrogens is 452 g/mol. The zero-order valence-corrected chi connectivity index (χ0v) is 20.5. The van der Waals surface area contributed by atoms with E-state index in [-0.39, 0.29) is 30.9 Å². The molecule has 0 aromatic heterocycles. The molecule has 0 bridgehead atoms. The Morgan fingerprint density at radius 3 is 2.42 bits per heavy atom. The van der Waals surface area contributed by atoms with E-state index in [1.54, 1.807) is 0 Å². The van der Waals surface area contributed by atoms with E-state index in [9.17, 15) is 14.4 Å². The molecule has 6 nitrogen and oxygen atoms in total. The molecule has 2 heterocycles. The third-order valence-corrected chi connectivity index (χ3v) is 7.34. The molecular formula is C30H32N2O4. The van der Waals surface area contributed by atoms with Gasteiger partial charge in [-0.2, -0.15) is 0 Å². The number of ether oxygens (including phenoxy) is 1. The van der Waals surface area contributed by atoms with Crippen LogP contribution in [-0.2, 0) is 27.2 Å². The van der Waals surface area contributed by atoms with Crippen molar-refractivity contribution < 1.29 is 19.1 Å². The average Bonchev–Trinajstić information content (AvgIpc) is 3.28. The van der Waals surface area contributed by atoms with E-state index in [1.165, 1.54) is 4.90 Å². The van der Waals surface area contributed by atoms with Crippen molar-refractivity contribution in [2.45, 2.75) is 44.6 Å². The molecule has 3 aromatic rings. The highest BCUT2D eigenvalue weighted by atomic mass is 16.6. The number of amides is 3. The van der Waals surface area contributed by atoms with Crippen LogP contribution in [0.3, 0.4) is 0 Å². The van der Waals surface area contributed by atoms with Crippen molar-refractivity contribution in [2.24, 2.45) is 5.92 Å². The van der Waals surface area contributed by atoms with Crippen molar-refractivity contribution in [1.29, 1.82) is 0 Å². The van der Waals surface area contributed by atoms with Crippen LogP contribution in [0.4, 0.5) is 4.79 Å². The molecule has 2 atom stereocenters. The van der Waals surface area contributed by atoms with Crippen LogP contribution in [0.25, 0.3) is 10.8 Å². The summed E-state index contributed by atoms with van der Waals surface area (Å²) in [6, 6.07) is 23.5. The minimum atomic E-state index is -0.644. The number of nitrogens with zero attached hydrogens (tertiary/aromatic N) is 2. The number of imide groups is 1. The molecule has 2 saturated heterocycles. The summed E-state index contributed by atoms with van der Waals surface area (Å²) >= 11 is 0. The van der Waals surface area contributed by atoms with Gasteiger partial charge in [0.05, 0.1) is 12.0 Å². The van der Waals surface area contributed by atoms with Gasteiger partial charge in [0, 0.05) is 19.5 Å². The third kappa shape index (κ3) is 5.27. The summed E-state index contributed by atoms with van der Waals surface area (Å²) in [4.78, 5) is 43.1. The van der Waals surface area contributed by atoms with Crippen LogP contribution in [0.1, 0.15) is 36.8 Å². The molecule has 0 unspecified atom stereocenters. The standard InChI is InChI=1S/C30H32N2O4/c33-28(31-16-7-2-8-17-31)20-25(19-24-14-9-13-23-12-5-6-15-27(23)24)29(34)32-26(21-36-30(32)35)18-22-10-3-1-4-11-22/h1,3-6,9-15,25-26H,2,7-8,16-21H2/t25-,26+/m1/s1. The number of hydrogen-bond donors (Lipinski definition) is 0. The first kappa shape index (κ1) is 24.0. The van der Waals surface area contributed by atoms with Crippen molar-refractivity contribution in [1.82, 2.24) is 9.80 Å². The molecule has 0 saturated carbocycles. The molecule has 0 spiro atoms. The second-order valence-corrected chi connectivity index (χ2v) is 9.81. The number of benzene rings is 3. The Hall–Kier alpha value is -3.67. The van der Waals surface area contributed by atoms with Crippen LogP contribution < -0.4 is 0 Å². The highest BCUT2D eigenvalue weighted by Crippen LogP contribution is 2.27. The molecule has 2 aliphatic heterocycles. The van der Waals surface area contributed by atoms with Crippen LogP contribution in [0, 0.1) is 5.92 Å².